The van der Waals surface area contributed by atoms with Crippen LogP contribution < -0.4 is 5.73 Å². The third kappa shape index (κ3) is 3.80. The number of hydrogen-bond donors (Lipinski definition) is 2. The van der Waals surface area contributed by atoms with Crippen molar-refractivity contribution in [2.24, 2.45) is 5.73 Å². The van der Waals surface area contributed by atoms with Gasteiger partial charge in [-0.05, 0) is 6.92 Å². The Bertz CT molecular complexity index is 506. The SMILES string of the molecule is CCOC(=O)C(N)Cc1cc([N+](=O)[O-])c(Cl)cc1O. The predicted octanol–water partition coefficient (Wildman–Crippen LogP) is 1.39. The molecule has 19 heavy (non-hydrogen) atoms. The predicted molar refractivity (Wildman–Crippen MR) is 68.1 cm³/mol. The van der Waals surface area contributed by atoms with Gasteiger partial charge in [-0.15, -0.1) is 0 Å². The largest absolute Gasteiger partial charge is 0.508 e. The fourth-order valence-electron chi connectivity index (χ4n) is 1.47. The number of nitrogens with zero attached hydrogens (tertiary/aromatic N) is 1. The lowest BCUT2D eigenvalue weighted by Gasteiger charge is -2.11. The number of esters is 1. The molecule has 0 aliphatic rings. The Balaban J connectivity index is 2.98. The van der Waals surface area contributed by atoms with E-state index >= 15 is 0 Å². The fourth-order valence-corrected chi connectivity index (χ4v) is 1.69. The molecule has 0 amide bonds. The van der Waals surface area contributed by atoms with Crippen molar-refractivity contribution in [3.63, 3.8) is 0 Å². The number of benzene rings is 1. The van der Waals surface area contributed by atoms with Crippen molar-refractivity contribution in [2.75, 3.05) is 6.61 Å². The maximum Gasteiger partial charge on any atom is 0.323 e. The lowest BCUT2D eigenvalue weighted by atomic mass is 10.0. The maximum atomic E-state index is 11.4. The fraction of sp³-hybridized carbons (Fsp3) is 0.364. The van der Waals surface area contributed by atoms with Crippen molar-refractivity contribution in [2.45, 2.75) is 19.4 Å². The van der Waals surface area contributed by atoms with E-state index in [1.807, 2.05) is 0 Å². The van der Waals surface area contributed by atoms with E-state index in [1.165, 1.54) is 0 Å². The van der Waals surface area contributed by atoms with Gasteiger partial charge in [0.2, 0.25) is 0 Å². The molecule has 0 aromatic heterocycles. The van der Waals surface area contributed by atoms with Crippen LogP contribution in [0.25, 0.3) is 0 Å². The molecule has 1 unspecified atom stereocenters. The van der Waals surface area contributed by atoms with E-state index < -0.39 is 16.9 Å². The average Bonchev–Trinajstić information content (AvgIpc) is 2.32. The van der Waals surface area contributed by atoms with Crippen molar-refractivity contribution in [3.05, 3.63) is 32.8 Å². The molecule has 1 rings (SSSR count). The Morgan fingerprint density at radius 2 is 2.26 bits per heavy atom. The Morgan fingerprint density at radius 3 is 2.79 bits per heavy atom. The van der Waals surface area contributed by atoms with Crippen LogP contribution in [0.15, 0.2) is 12.1 Å². The zero-order valence-electron chi connectivity index (χ0n) is 10.1. The number of halogens is 1. The number of rotatable bonds is 5. The van der Waals surface area contributed by atoms with Gasteiger partial charge in [-0.2, -0.15) is 0 Å². The molecule has 1 atom stereocenters. The van der Waals surface area contributed by atoms with Crippen LogP contribution in [0.4, 0.5) is 5.69 Å². The number of phenols is 1. The number of hydrogen-bond acceptors (Lipinski definition) is 6. The Hall–Kier alpha value is -1.86. The quantitative estimate of drug-likeness (QED) is 0.480. The number of phenolic OH excluding ortho intramolecular Hbond substituents is 1. The molecule has 1 aromatic carbocycles. The van der Waals surface area contributed by atoms with Crippen LogP contribution in [0.1, 0.15) is 12.5 Å². The molecule has 0 saturated heterocycles. The number of aromatic hydroxyl groups is 1. The lowest BCUT2D eigenvalue weighted by Crippen LogP contribution is -2.34. The van der Waals surface area contributed by atoms with E-state index in [-0.39, 0.29) is 35.1 Å². The van der Waals surface area contributed by atoms with Crippen LogP contribution >= 0.6 is 11.6 Å². The maximum absolute atomic E-state index is 11.4. The van der Waals surface area contributed by atoms with Crippen molar-refractivity contribution in [1.82, 2.24) is 0 Å². The zero-order chi connectivity index (χ0) is 14.6. The zero-order valence-corrected chi connectivity index (χ0v) is 10.9. The average molecular weight is 289 g/mol. The third-order valence-electron chi connectivity index (χ3n) is 2.37. The first-order valence-corrected chi connectivity index (χ1v) is 5.82. The van der Waals surface area contributed by atoms with Crippen molar-refractivity contribution < 1.29 is 19.6 Å². The first-order valence-electron chi connectivity index (χ1n) is 5.44. The molecule has 0 bridgehead atoms. The molecule has 7 nitrogen and oxygen atoms in total. The van der Waals surface area contributed by atoms with Gasteiger partial charge in [0, 0.05) is 24.1 Å². The minimum Gasteiger partial charge on any atom is -0.508 e. The summed E-state index contributed by atoms with van der Waals surface area (Å²) in [7, 11) is 0. The molecule has 1 aromatic rings. The third-order valence-corrected chi connectivity index (χ3v) is 2.68. The van der Waals surface area contributed by atoms with Crippen molar-refractivity contribution in [3.8, 4) is 5.75 Å². The van der Waals surface area contributed by atoms with Gasteiger partial charge in [-0.3, -0.25) is 14.9 Å². The summed E-state index contributed by atoms with van der Waals surface area (Å²) in [6.07, 6.45) is -0.0807. The number of ether oxygens (including phenoxy) is 1. The van der Waals surface area contributed by atoms with Crippen LogP contribution in [0.2, 0.25) is 5.02 Å². The molecule has 104 valence electrons. The highest BCUT2D eigenvalue weighted by atomic mass is 35.5. The Labute approximate surface area is 114 Å². The van der Waals surface area contributed by atoms with Gasteiger partial charge in [0.15, 0.2) is 0 Å². The molecule has 0 radical (unpaired) electrons. The molecule has 0 fully saturated rings. The summed E-state index contributed by atoms with van der Waals surface area (Å²) in [5.74, 6) is -0.894. The van der Waals surface area contributed by atoms with Crippen LogP contribution in [0, 0.1) is 10.1 Å². The number of nitrogens with two attached hydrogens (primary N) is 1. The molecule has 0 saturated carbocycles. The highest BCUT2D eigenvalue weighted by molar-refractivity contribution is 6.32. The van der Waals surface area contributed by atoms with Gasteiger partial charge in [-0.25, -0.2) is 0 Å². The summed E-state index contributed by atoms with van der Waals surface area (Å²) in [5, 5.41) is 20.2. The Morgan fingerprint density at radius 1 is 1.63 bits per heavy atom. The highest BCUT2D eigenvalue weighted by Crippen LogP contribution is 2.32. The second kappa shape index (κ2) is 6.35. The van der Waals surface area contributed by atoms with E-state index in [2.05, 4.69) is 0 Å². The molecule has 0 heterocycles. The van der Waals surface area contributed by atoms with Gasteiger partial charge < -0.3 is 15.6 Å². The molecule has 0 spiro atoms. The minimum atomic E-state index is -1.01. The van der Waals surface area contributed by atoms with E-state index in [0.717, 1.165) is 12.1 Å². The number of nitro benzene ring substituents is 1. The van der Waals surface area contributed by atoms with Gasteiger partial charge in [0.1, 0.15) is 16.8 Å². The van der Waals surface area contributed by atoms with Crippen LogP contribution in [0.3, 0.4) is 0 Å². The molecular weight excluding hydrogens is 276 g/mol. The van der Waals surface area contributed by atoms with Crippen LogP contribution in [-0.4, -0.2) is 28.6 Å². The number of carbonyl (C=O) groups is 1. The van der Waals surface area contributed by atoms with E-state index in [0.29, 0.717) is 0 Å². The molecule has 0 aliphatic carbocycles. The number of nitro groups is 1. The smallest absolute Gasteiger partial charge is 0.323 e. The summed E-state index contributed by atoms with van der Waals surface area (Å²) < 4.78 is 4.71. The van der Waals surface area contributed by atoms with Gasteiger partial charge in [0.05, 0.1) is 11.5 Å². The topological polar surface area (TPSA) is 116 Å². The van der Waals surface area contributed by atoms with Crippen molar-refractivity contribution >= 4 is 23.3 Å². The summed E-state index contributed by atoms with van der Waals surface area (Å²) in [6.45, 7) is 1.81. The molecular formula is C11H13ClN2O5. The second-order valence-corrected chi connectivity index (χ2v) is 4.16. The monoisotopic (exact) mass is 288 g/mol. The highest BCUT2D eigenvalue weighted by Gasteiger charge is 2.21. The second-order valence-electron chi connectivity index (χ2n) is 3.75. The van der Waals surface area contributed by atoms with Crippen molar-refractivity contribution in [1.29, 1.82) is 0 Å². The van der Waals surface area contributed by atoms with Crippen LogP contribution in [0.5, 0.6) is 5.75 Å². The van der Waals surface area contributed by atoms with E-state index in [4.69, 9.17) is 22.1 Å². The van der Waals surface area contributed by atoms with Crippen LogP contribution in [-0.2, 0) is 16.0 Å². The first kappa shape index (κ1) is 15.2. The van der Waals surface area contributed by atoms with E-state index in [1.54, 1.807) is 6.92 Å². The van der Waals surface area contributed by atoms with Gasteiger partial charge in [-0.1, -0.05) is 11.6 Å². The number of carbonyl (C=O) groups excluding carboxylic acids is 1. The van der Waals surface area contributed by atoms with E-state index in [9.17, 15) is 20.0 Å². The summed E-state index contributed by atoms with van der Waals surface area (Å²) >= 11 is 5.62. The molecule has 3 N–H and O–H groups in total. The molecule has 0 aliphatic heterocycles. The van der Waals surface area contributed by atoms with Gasteiger partial charge in [0.25, 0.3) is 5.69 Å². The minimum absolute atomic E-state index is 0.0807. The lowest BCUT2D eigenvalue weighted by molar-refractivity contribution is -0.384. The first-order chi connectivity index (χ1) is 8.86. The normalized spacial score (nSPS) is 11.9. The van der Waals surface area contributed by atoms with Gasteiger partial charge >= 0.3 is 5.97 Å². The standard InChI is InChI=1S/C11H13ClN2O5/c1-2-19-11(16)8(13)3-6-4-9(14(17)18)7(12)5-10(6)15/h4-5,8,15H,2-3,13H2,1H3. The molecule has 8 heteroatoms. The summed E-state index contributed by atoms with van der Waals surface area (Å²) in [5.41, 5.74) is 5.39. The summed E-state index contributed by atoms with van der Waals surface area (Å²) in [4.78, 5) is 21.4. The summed E-state index contributed by atoms with van der Waals surface area (Å²) in [6, 6.07) is 1.13. The Kier molecular flexibility index (Phi) is 5.08.